The Labute approximate surface area is 101 Å². The maximum absolute atomic E-state index is 11.6. The number of nitrogens with two attached hydrogens (primary N) is 1. The van der Waals surface area contributed by atoms with Crippen molar-refractivity contribution in [3.05, 3.63) is 0 Å². The number of carbonyl (C=O) groups is 1. The van der Waals surface area contributed by atoms with E-state index < -0.39 is 15.6 Å². The van der Waals surface area contributed by atoms with E-state index in [0.717, 1.165) is 19.1 Å². The number of carbonyl (C=O) groups excluding carboxylic acids is 1. The maximum Gasteiger partial charge on any atom is 0.237 e. The predicted molar refractivity (Wildman–Crippen MR) is 65.8 cm³/mol. The lowest BCUT2D eigenvalue weighted by Crippen LogP contribution is -2.45. The van der Waals surface area contributed by atoms with Crippen LogP contribution < -0.4 is 5.73 Å². The van der Waals surface area contributed by atoms with Crippen molar-refractivity contribution in [2.75, 3.05) is 25.1 Å². The summed E-state index contributed by atoms with van der Waals surface area (Å²) in [6.07, 6.45) is 2.75. The molecule has 0 aromatic rings. The average molecular weight is 264 g/mol. The first kappa shape index (κ1) is 13.4. The molecule has 7 heteroatoms. The Bertz CT molecular complexity index is 392. The highest BCUT2D eigenvalue weighted by molar-refractivity contribution is 7.91. The van der Waals surface area contributed by atoms with E-state index in [1.54, 1.807) is 0 Å². The highest BCUT2D eigenvalue weighted by Crippen LogP contribution is 2.16. The van der Waals surface area contributed by atoms with Crippen LogP contribution in [0, 0.1) is 5.92 Å². The maximum atomic E-state index is 11.6. The molecular weight excluding hydrogens is 248 g/mol. The standard InChI is InChI=1S/C9H16N2O3S2/c1-16(13,14)6-8(12)11-4-2-3-7(5-11)9(10)15/h7H,2-6H2,1H3,(H2,10,15). The molecule has 1 atom stereocenters. The van der Waals surface area contributed by atoms with Gasteiger partial charge in [0, 0.05) is 25.3 Å². The summed E-state index contributed by atoms with van der Waals surface area (Å²) in [7, 11) is -3.27. The summed E-state index contributed by atoms with van der Waals surface area (Å²) in [6.45, 7) is 1.04. The molecule has 1 unspecified atom stereocenters. The molecule has 0 spiro atoms. The van der Waals surface area contributed by atoms with Crippen LogP contribution in [0.15, 0.2) is 0 Å². The van der Waals surface area contributed by atoms with Crippen LogP contribution in [-0.2, 0) is 14.6 Å². The fraction of sp³-hybridized carbons (Fsp3) is 0.778. The smallest absolute Gasteiger partial charge is 0.237 e. The normalized spacial score (nSPS) is 21.8. The summed E-state index contributed by atoms with van der Waals surface area (Å²) < 4.78 is 22.0. The highest BCUT2D eigenvalue weighted by atomic mass is 32.2. The van der Waals surface area contributed by atoms with E-state index in [-0.39, 0.29) is 11.8 Å². The van der Waals surface area contributed by atoms with Gasteiger partial charge in [-0.25, -0.2) is 8.42 Å². The van der Waals surface area contributed by atoms with Crippen molar-refractivity contribution >= 4 is 33.0 Å². The van der Waals surface area contributed by atoms with Gasteiger partial charge in [0.05, 0.1) is 4.99 Å². The number of amides is 1. The molecule has 1 fully saturated rings. The van der Waals surface area contributed by atoms with Crippen molar-refractivity contribution in [3.8, 4) is 0 Å². The second-order valence-electron chi connectivity index (χ2n) is 4.15. The fourth-order valence-electron chi connectivity index (χ4n) is 1.75. The largest absolute Gasteiger partial charge is 0.393 e. The molecule has 0 radical (unpaired) electrons. The van der Waals surface area contributed by atoms with Gasteiger partial charge in [-0.05, 0) is 12.8 Å². The van der Waals surface area contributed by atoms with Crippen LogP contribution >= 0.6 is 12.2 Å². The quantitative estimate of drug-likeness (QED) is 0.699. The van der Waals surface area contributed by atoms with Gasteiger partial charge in [-0.1, -0.05) is 12.2 Å². The molecule has 16 heavy (non-hydrogen) atoms. The van der Waals surface area contributed by atoms with E-state index in [1.165, 1.54) is 4.90 Å². The van der Waals surface area contributed by atoms with Crippen LogP contribution in [0.3, 0.4) is 0 Å². The van der Waals surface area contributed by atoms with E-state index in [1.807, 2.05) is 0 Å². The Morgan fingerprint density at radius 3 is 2.69 bits per heavy atom. The van der Waals surface area contributed by atoms with Gasteiger partial charge in [0.1, 0.15) is 5.75 Å². The molecule has 0 aromatic carbocycles. The summed E-state index contributed by atoms with van der Waals surface area (Å²) in [5.74, 6) is -0.771. The first-order valence-corrected chi connectivity index (χ1v) is 7.51. The highest BCUT2D eigenvalue weighted by Gasteiger charge is 2.26. The first-order chi connectivity index (χ1) is 7.29. The van der Waals surface area contributed by atoms with Crippen LogP contribution in [0.5, 0.6) is 0 Å². The van der Waals surface area contributed by atoms with Crippen molar-refractivity contribution in [1.82, 2.24) is 4.90 Å². The van der Waals surface area contributed by atoms with Crippen LogP contribution in [0.2, 0.25) is 0 Å². The number of rotatable bonds is 3. The van der Waals surface area contributed by atoms with Gasteiger partial charge in [-0.3, -0.25) is 4.79 Å². The van der Waals surface area contributed by atoms with Gasteiger partial charge < -0.3 is 10.6 Å². The zero-order valence-corrected chi connectivity index (χ0v) is 10.8. The average Bonchev–Trinajstić information content (AvgIpc) is 2.15. The molecule has 0 saturated carbocycles. The molecule has 0 aliphatic carbocycles. The molecule has 1 amide bonds. The Morgan fingerprint density at radius 2 is 2.19 bits per heavy atom. The number of hydrogen-bond donors (Lipinski definition) is 1. The Kier molecular flexibility index (Phi) is 4.26. The number of hydrogen-bond acceptors (Lipinski definition) is 4. The van der Waals surface area contributed by atoms with Crippen LogP contribution in [0.25, 0.3) is 0 Å². The van der Waals surface area contributed by atoms with Crippen molar-refractivity contribution in [2.24, 2.45) is 11.7 Å². The van der Waals surface area contributed by atoms with E-state index >= 15 is 0 Å². The van der Waals surface area contributed by atoms with Crippen LogP contribution in [0.4, 0.5) is 0 Å². The number of likely N-dealkylation sites (tertiary alicyclic amines) is 1. The lowest BCUT2D eigenvalue weighted by atomic mass is 9.98. The van der Waals surface area contributed by atoms with E-state index in [9.17, 15) is 13.2 Å². The zero-order valence-electron chi connectivity index (χ0n) is 9.18. The van der Waals surface area contributed by atoms with E-state index in [0.29, 0.717) is 18.1 Å². The summed E-state index contributed by atoms with van der Waals surface area (Å²) in [4.78, 5) is 13.6. The third-order valence-electron chi connectivity index (χ3n) is 2.56. The minimum Gasteiger partial charge on any atom is -0.393 e. The van der Waals surface area contributed by atoms with Gasteiger partial charge in [-0.2, -0.15) is 0 Å². The molecule has 0 aromatic heterocycles. The minimum atomic E-state index is -3.27. The van der Waals surface area contributed by atoms with Gasteiger partial charge in [0.15, 0.2) is 9.84 Å². The molecule has 1 aliphatic heterocycles. The summed E-state index contributed by atoms with van der Waals surface area (Å²) >= 11 is 4.89. The number of nitrogens with zero attached hydrogens (tertiary/aromatic N) is 1. The molecule has 1 heterocycles. The Hall–Kier alpha value is -0.690. The van der Waals surface area contributed by atoms with Crippen molar-refractivity contribution in [3.63, 3.8) is 0 Å². The van der Waals surface area contributed by atoms with Crippen molar-refractivity contribution in [2.45, 2.75) is 12.8 Å². The summed E-state index contributed by atoms with van der Waals surface area (Å²) in [5.41, 5.74) is 5.53. The van der Waals surface area contributed by atoms with E-state index in [4.69, 9.17) is 18.0 Å². The topological polar surface area (TPSA) is 80.5 Å². The molecular formula is C9H16N2O3S2. The van der Waals surface area contributed by atoms with Crippen LogP contribution in [-0.4, -0.2) is 49.3 Å². The summed E-state index contributed by atoms with van der Waals surface area (Å²) in [6, 6.07) is 0. The molecule has 1 rings (SSSR count). The van der Waals surface area contributed by atoms with Gasteiger partial charge in [0.25, 0.3) is 0 Å². The number of thiocarbonyl (C=S) groups is 1. The Morgan fingerprint density at radius 1 is 1.56 bits per heavy atom. The number of piperidine rings is 1. The van der Waals surface area contributed by atoms with E-state index in [2.05, 4.69) is 0 Å². The van der Waals surface area contributed by atoms with Gasteiger partial charge >= 0.3 is 0 Å². The summed E-state index contributed by atoms with van der Waals surface area (Å²) in [5, 5.41) is 0. The molecule has 2 N–H and O–H groups in total. The molecule has 5 nitrogen and oxygen atoms in total. The monoisotopic (exact) mass is 264 g/mol. The molecule has 1 aliphatic rings. The lowest BCUT2D eigenvalue weighted by Gasteiger charge is -2.32. The zero-order chi connectivity index (χ0) is 12.3. The second-order valence-corrected chi connectivity index (χ2v) is 6.76. The SMILES string of the molecule is CS(=O)(=O)CC(=O)N1CCCC(C(N)=S)C1. The van der Waals surface area contributed by atoms with Crippen molar-refractivity contribution < 1.29 is 13.2 Å². The van der Waals surface area contributed by atoms with Crippen LogP contribution in [0.1, 0.15) is 12.8 Å². The fourth-order valence-corrected chi connectivity index (χ4v) is 2.58. The predicted octanol–water partition coefficient (Wildman–Crippen LogP) is -0.444. The third kappa shape index (κ3) is 4.05. The van der Waals surface area contributed by atoms with Gasteiger partial charge in [0.2, 0.25) is 5.91 Å². The van der Waals surface area contributed by atoms with Crippen molar-refractivity contribution in [1.29, 1.82) is 0 Å². The number of sulfone groups is 1. The first-order valence-electron chi connectivity index (χ1n) is 5.04. The molecule has 1 saturated heterocycles. The second kappa shape index (κ2) is 5.09. The van der Waals surface area contributed by atoms with Gasteiger partial charge in [-0.15, -0.1) is 0 Å². The molecule has 0 bridgehead atoms. The lowest BCUT2D eigenvalue weighted by molar-refractivity contribution is -0.129. The Balaban J connectivity index is 2.60. The third-order valence-corrected chi connectivity index (χ3v) is 3.67. The molecule has 92 valence electrons. The minimum absolute atomic E-state index is 0.0206.